The number of aromatic hydroxyl groups is 2. The lowest BCUT2D eigenvalue weighted by atomic mass is 10.0. The maximum absolute atomic E-state index is 12.4. The molecule has 0 radical (unpaired) electrons. The lowest BCUT2D eigenvalue weighted by molar-refractivity contribution is 0.163. The number of phenolic OH excluding ortho intramolecular Hbond substituents is 2. The molecule has 0 saturated carbocycles. The van der Waals surface area contributed by atoms with Crippen LogP contribution < -0.4 is 11.2 Å². The average Bonchev–Trinajstić information content (AvgIpc) is 3.10. The summed E-state index contributed by atoms with van der Waals surface area (Å²) in [6.45, 7) is 0.583. The smallest absolute Gasteiger partial charge is 0.332 e. The fraction of sp³-hybridized carbons (Fsp3) is 0.421. The van der Waals surface area contributed by atoms with Gasteiger partial charge in [-0.2, -0.15) is 0 Å². The van der Waals surface area contributed by atoms with E-state index >= 15 is 0 Å². The Kier molecular flexibility index (Phi) is 5.55. The van der Waals surface area contributed by atoms with Gasteiger partial charge in [0.2, 0.25) is 0 Å². The monoisotopic (exact) mass is 388 g/mol. The van der Waals surface area contributed by atoms with Gasteiger partial charge in [0.05, 0.1) is 12.4 Å². The molecular weight excluding hydrogens is 364 g/mol. The van der Waals surface area contributed by atoms with Gasteiger partial charge in [-0.05, 0) is 30.5 Å². The van der Waals surface area contributed by atoms with Crippen molar-refractivity contribution in [1.29, 1.82) is 0 Å². The Hall–Kier alpha value is -3.07. The largest absolute Gasteiger partial charge is 0.504 e. The minimum absolute atomic E-state index is 0.216. The minimum atomic E-state index is -0.720. The number of aliphatic hydroxyl groups is 1. The fourth-order valence-electron chi connectivity index (χ4n) is 3.28. The van der Waals surface area contributed by atoms with Crippen LogP contribution in [0, 0.1) is 0 Å². The predicted octanol–water partition coefficient (Wildman–Crippen LogP) is 1.14. The van der Waals surface area contributed by atoms with E-state index in [1.165, 1.54) is 23.7 Å². The quantitative estimate of drug-likeness (QED) is 0.412. The molecule has 0 amide bonds. The molecule has 150 valence electrons. The molecule has 3 aromatic rings. The summed E-state index contributed by atoms with van der Waals surface area (Å²) in [5.41, 5.74) is 0.565. The molecular formula is C19H24N4O5. The first-order valence-corrected chi connectivity index (χ1v) is 9.12. The zero-order valence-electron chi connectivity index (χ0n) is 15.9. The highest BCUT2D eigenvalue weighted by Gasteiger charge is 2.14. The van der Waals surface area contributed by atoms with Crippen LogP contribution >= 0.6 is 0 Å². The van der Waals surface area contributed by atoms with Crippen molar-refractivity contribution >= 4 is 11.2 Å². The van der Waals surface area contributed by atoms with Crippen LogP contribution in [-0.2, 0) is 20.6 Å². The first-order chi connectivity index (χ1) is 13.3. The number of benzene rings is 1. The Labute approximate surface area is 160 Å². The van der Waals surface area contributed by atoms with Crippen molar-refractivity contribution in [3.63, 3.8) is 0 Å². The highest BCUT2D eigenvalue weighted by molar-refractivity contribution is 5.69. The van der Waals surface area contributed by atoms with Gasteiger partial charge < -0.3 is 19.9 Å². The molecule has 2 heterocycles. The van der Waals surface area contributed by atoms with Crippen molar-refractivity contribution in [3.8, 4) is 11.5 Å². The summed E-state index contributed by atoms with van der Waals surface area (Å²) in [5.74, 6) is -0.466. The van der Waals surface area contributed by atoms with Gasteiger partial charge in [0, 0.05) is 20.6 Å². The van der Waals surface area contributed by atoms with E-state index in [2.05, 4.69) is 4.98 Å². The zero-order valence-corrected chi connectivity index (χ0v) is 15.9. The third-order valence-electron chi connectivity index (χ3n) is 4.98. The van der Waals surface area contributed by atoms with E-state index in [1.54, 1.807) is 24.0 Å². The molecule has 0 unspecified atom stereocenters. The second-order valence-corrected chi connectivity index (χ2v) is 6.93. The van der Waals surface area contributed by atoms with Crippen molar-refractivity contribution in [1.82, 2.24) is 18.7 Å². The van der Waals surface area contributed by atoms with Crippen LogP contribution in [0.2, 0.25) is 0 Å². The van der Waals surface area contributed by atoms with E-state index < -0.39 is 11.8 Å². The van der Waals surface area contributed by atoms with Crippen LogP contribution in [0.5, 0.6) is 11.5 Å². The molecule has 0 aliphatic carbocycles. The number of phenols is 2. The molecule has 0 fully saturated rings. The van der Waals surface area contributed by atoms with Crippen molar-refractivity contribution < 1.29 is 15.3 Å². The molecule has 1 atom stereocenters. The maximum Gasteiger partial charge on any atom is 0.332 e. The van der Waals surface area contributed by atoms with Crippen molar-refractivity contribution in [2.24, 2.45) is 14.1 Å². The summed E-state index contributed by atoms with van der Waals surface area (Å²) in [6, 6.07) is 4.29. The molecule has 1 aromatic carbocycles. The standard InChI is InChI=1S/C19H24N4O5/c1-21-17-16(18(27)22(2)19(21)28)23(11-20-17)9-5-3-4-6-13(24)12-7-8-14(25)15(26)10-12/h7-8,10-11,13,24-26H,3-6,9H2,1-2H3/t13-/m0/s1. The molecule has 28 heavy (non-hydrogen) atoms. The fourth-order valence-corrected chi connectivity index (χ4v) is 3.28. The van der Waals surface area contributed by atoms with Crippen LogP contribution in [0.25, 0.3) is 11.2 Å². The van der Waals surface area contributed by atoms with Crippen LogP contribution in [0.1, 0.15) is 37.4 Å². The summed E-state index contributed by atoms with van der Waals surface area (Å²) in [4.78, 5) is 28.5. The van der Waals surface area contributed by atoms with Gasteiger partial charge >= 0.3 is 5.69 Å². The second kappa shape index (κ2) is 7.89. The van der Waals surface area contributed by atoms with E-state index in [9.17, 15) is 24.9 Å². The summed E-state index contributed by atoms with van der Waals surface area (Å²) in [6.07, 6.45) is 3.73. The molecule has 0 aliphatic rings. The number of hydrogen-bond donors (Lipinski definition) is 3. The normalized spacial score (nSPS) is 12.5. The molecule has 3 rings (SSSR count). The van der Waals surface area contributed by atoms with Crippen LogP contribution in [0.4, 0.5) is 0 Å². The Morgan fingerprint density at radius 3 is 2.50 bits per heavy atom. The number of aliphatic hydroxyl groups excluding tert-OH is 1. The Morgan fingerprint density at radius 1 is 1.04 bits per heavy atom. The summed E-state index contributed by atoms with van der Waals surface area (Å²) >= 11 is 0. The number of aryl methyl sites for hydroxylation is 2. The lowest BCUT2D eigenvalue weighted by Crippen LogP contribution is -2.37. The summed E-state index contributed by atoms with van der Waals surface area (Å²) < 4.78 is 4.19. The van der Waals surface area contributed by atoms with Crippen molar-refractivity contribution in [2.45, 2.75) is 38.3 Å². The van der Waals surface area contributed by atoms with Gasteiger partial charge in [0.1, 0.15) is 0 Å². The Morgan fingerprint density at radius 2 is 1.79 bits per heavy atom. The molecule has 0 spiro atoms. The number of rotatable bonds is 7. The van der Waals surface area contributed by atoms with Crippen LogP contribution in [0.3, 0.4) is 0 Å². The van der Waals surface area contributed by atoms with Gasteiger partial charge in [-0.1, -0.05) is 18.9 Å². The summed E-state index contributed by atoms with van der Waals surface area (Å²) in [7, 11) is 3.04. The molecule has 0 saturated heterocycles. The van der Waals surface area contributed by atoms with Gasteiger partial charge in [-0.15, -0.1) is 0 Å². The Bertz CT molecular complexity index is 1110. The average molecular weight is 388 g/mol. The third kappa shape index (κ3) is 3.65. The first kappa shape index (κ1) is 19.7. The van der Waals surface area contributed by atoms with Gasteiger partial charge in [0.25, 0.3) is 5.56 Å². The van der Waals surface area contributed by atoms with Gasteiger partial charge in [0.15, 0.2) is 22.7 Å². The van der Waals surface area contributed by atoms with Crippen molar-refractivity contribution in [3.05, 3.63) is 50.9 Å². The second-order valence-electron chi connectivity index (χ2n) is 6.93. The number of unbranched alkanes of at least 4 members (excludes halogenated alkanes) is 2. The number of fused-ring (bicyclic) bond motifs is 1. The van der Waals surface area contributed by atoms with Gasteiger partial charge in [-0.25, -0.2) is 9.78 Å². The highest BCUT2D eigenvalue weighted by Crippen LogP contribution is 2.29. The predicted molar refractivity (Wildman–Crippen MR) is 103 cm³/mol. The van der Waals surface area contributed by atoms with Crippen LogP contribution in [-0.4, -0.2) is 34.0 Å². The number of aromatic nitrogens is 4. The van der Waals surface area contributed by atoms with Gasteiger partial charge in [-0.3, -0.25) is 13.9 Å². The molecule has 3 N–H and O–H groups in total. The number of imidazole rings is 1. The minimum Gasteiger partial charge on any atom is -0.504 e. The van der Waals surface area contributed by atoms with E-state index in [4.69, 9.17) is 0 Å². The molecule has 9 heteroatoms. The Balaban J connectivity index is 1.58. The third-order valence-corrected chi connectivity index (χ3v) is 4.98. The lowest BCUT2D eigenvalue weighted by Gasteiger charge is -2.12. The molecule has 9 nitrogen and oxygen atoms in total. The zero-order chi connectivity index (χ0) is 20.4. The van der Waals surface area contributed by atoms with E-state index in [0.717, 1.165) is 23.8 Å². The molecule has 0 aliphatic heterocycles. The first-order valence-electron chi connectivity index (χ1n) is 9.12. The van der Waals surface area contributed by atoms with Crippen LogP contribution in [0.15, 0.2) is 34.1 Å². The topological polar surface area (TPSA) is 123 Å². The van der Waals surface area contributed by atoms with E-state index in [0.29, 0.717) is 29.7 Å². The summed E-state index contributed by atoms with van der Waals surface area (Å²) in [5, 5.41) is 29.0. The highest BCUT2D eigenvalue weighted by atomic mass is 16.3. The number of nitrogens with zero attached hydrogens (tertiary/aromatic N) is 4. The van der Waals surface area contributed by atoms with Crippen molar-refractivity contribution in [2.75, 3.05) is 0 Å². The maximum atomic E-state index is 12.4. The SMILES string of the molecule is Cn1c(=O)c2c(ncn2CCCCC[C@H](O)c2ccc(O)c(O)c2)n(C)c1=O. The van der Waals surface area contributed by atoms with E-state index in [-0.39, 0.29) is 17.1 Å². The molecule has 2 aromatic heterocycles. The molecule has 0 bridgehead atoms. The number of hydrogen-bond acceptors (Lipinski definition) is 6. The van der Waals surface area contributed by atoms with E-state index in [1.807, 2.05) is 0 Å².